The van der Waals surface area contributed by atoms with Gasteiger partial charge in [0.2, 0.25) is 0 Å². The molecule has 0 aliphatic heterocycles. The van der Waals surface area contributed by atoms with E-state index in [0.717, 1.165) is 43.6 Å². The number of methoxy groups -OCH3 is 3. The van der Waals surface area contributed by atoms with Crippen molar-refractivity contribution in [2.24, 2.45) is 0 Å². The van der Waals surface area contributed by atoms with Crippen LogP contribution in [-0.4, -0.2) is 21.3 Å². The van der Waals surface area contributed by atoms with Crippen molar-refractivity contribution in [3.05, 3.63) is 64.1 Å². The molecule has 0 radical (unpaired) electrons. The van der Waals surface area contributed by atoms with Crippen molar-refractivity contribution in [2.75, 3.05) is 21.3 Å². The maximum atomic E-state index is 5.94. The van der Waals surface area contributed by atoms with Crippen LogP contribution in [-0.2, 0) is 18.0 Å². The summed E-state index contributed by atoms with van der Waals surface area (Å²) in [6.07, 6.45) is 0. The zero-order chi connectivity index (χ0) is 18.5. The molecule has 26 heavy (non-hydrogen) atoms. The molecule has 136 valence electrons. The van der Waals surface area contributed by atoms with Gasteiger partial charge >= 0.3 is 0 Å². The second-order valence-electron chi connectivity index (χ2n) is 5.75. The van der Waals surface area contributed by atoms with Gasteiger partial charge in [0.25, 0.3) is 0 Å². The number of ether oxygens (including phenoxy) is 4. The van der Waals surface area contributed by atoms with Gasteiger partial charge in [0, 0.05) is 16.3 Å². The van der Waals surface area contributed by atoms with Gasteiger partial charge in [-0.25, -0.2) is 0 Å². The molecule has 0 spiro atoms. The SMILES string of the molecule is COc1ccc(COCc2c(Br)c(OC)c3ccccc3c2OC)cc1. The third kappa shape index (κ3) is 3.64. The molecule has 0 bridgehead atoms. The van der Waals surface area contributed by atoms with E-state index < -0.39 is 0 Å². The molecule has 0 N–H and O–H groups in total. The summed E-state index contributed by atoms with van der Waals surface area (Å²) in [5, 5.41) is 2.00. The Labute approximate surface area is 161 Å². The van der Waals surface area contributed by atoms with Crippen LogP contribution in [0.3, 0.4) is 0 Å². The summed E-state index contributed by atoms with van der Waals surface area (Å²) in [6, 6.07) is 15.8. The van der Waals surface area contributed by atoms with Gasteiger partial charge < -0.3 is 18.9 Å². The Kier molecular flexibility index (Phi) is 6.01. The minimum absolute atomic E-state index is 0.400. The zero-order valence-electron chi connectivity index (χ0n) is 15.0. The number of hydrogen-bond acceptors (Lipinski definition) is 4. The van der Waals surface area contributed by atoms with Gasteiger partial charge in [-0.2, -0.15) is 0 Å². The molecule has 3 aromatic carbocycles. The second kappa shape index (κ2) is 8.43. The Bertz CT molecular complexity index is 891. The standard InChI is InChI=1S/C21H21BrO4/c1-23-15-10-8-14(9-11-15)12-26-13-18-19(22)21(25-3)17-7-5-4-6-16(17)20(18)24-2/h4-11H,12-13H2,1-3H3. The van der Waals surface area contributed by atoms with Gasteiger partial charge in [0.15, 0.2) is 0 Å². The highest BCUT2D eigenvalue weighted by Gasteiger charge is 2.19. The summed E-state index contributed by atoms with van der Waals surface area (Å²) in [5.74, 6) is 2.41. The molecule has 0 aliphatic carbocycles. The third-order valence-corrected chi connectivity index (χ3v) is 5.08. The average molecular weight is 417 g/mol. The first-order valence-electron chi connectivity index (χ1n) is 8.21. The van der Waals surface area contributed by atoms with E-state index in [4.69, 9.17) is 18.9 Å². The predicted octanol–water partition coefficient (Wildman–Crippen LogP) is 5.34. The molecule has 5 heteroatoms. The van der Waals surface area contributed by atoms with Gasteiger partial charge in [-0.1, -0.05) is 36.4 Å². The Balaban J connectivity index is 1.87. The molecule has 0 saturated carbocycles. The van der Waals surface area contributed by atoms with E-state index in [-0.39, 0.29) is 0 Å². The normalized spacial score (nSPS) is 10.8. The van der Waals surface area contributed by atoms with Crippen molar-refractivity contribution in [3.8, 4) is 17.2 Å². The summed E-state index contributed by atoms with van der Waals surface area (Å²) in [5.41, 5.74) is 2.00. The number of hydrogen-bond donors (Lipinski definition) is 0. The molecule has 0 aromatic heterocycles. The monoisotopic (exact) mass is 416 g/mol. The Hall–Kier alpha value is -2.24. The van der Waals surface area contributed by atoms with Crippen LogP contribution in [0.1, 0.15) is 11.1 Å². The molecule has 3 rings (SSSR count). The number of rotatable bonds is 7. The average Bonchev–Trinajstić information content (AvgIpc) is 2.69. The lowest BCUT2D eigenvalue weighted by atomic mass is 10.0. The second-order valence-corrected chi connectivity index (χ2v) is 6.54. The van der Waals surface area contributed by atoms with Crippen LogP contribution >= 0.6 is 15.9 Å². The first-order chi connectivity index (χ1) is 12.7. The number of benzene rings is 3. The van der Waals surface area contributed by atoms with E-state index in [0.29, 0.717) is 13.2 Å². The summed E-state index contributed by atoms with van der Waals surface area (Å²) >= 11 is 3.66. The Morgan fingerprint density at radius 2 is 1.35 bits per heavy atom. The first-order valence-corrected chi connectivity index (χ1v) is 9.00. The van der Waals surface area contributed by atoms with Crippen molar-refractivity contribution in [1.29, 1.82) is 0 Å². The molecular formula is C21H21BrO4. The summed E-state index contributed by atoms with van der Waals surface area (Å²) in [4.78, 5) is 0. The van der Waals surface area contributed by atoms with Crippen LogP contribution in [0.25, 0.3) is 10.8 Å². The fourth-order valence-corrected chi connectivity index (χ4v) is 3.62. The van der Waals surface area contributed by atoms with Crippen LogP contribution in [0, 0.1) is 0 Å². The van der Waals surface area contributed by atoms with E-state index in [1.807, 2.05) is 48.5 Å². The van der Waals surface area contributed by atoms with Crippen LogP contribution < -0.4 is 14.2 Å². The molecule has 0 heterocycles. The molecule has 0 fully saturated rings. The molecule has 4 nitrogen and oxygen atoms in total. The summed E-state index contributed by atoms with van der Waals surface area (Å²) in [7, 11) is 5.00. The van der Waals surface area contributed by atoms with Crippen molar-refractivity contribution in [3.63, 3.8) is 0 Å². The van der Waals surface area contributed by atoms with Gasteiger partial charge in [0.05, 0.1) is 39.0 Å². The summed E-state index contributed by atoms with van der Waals surface area (Å²) < 4.78 is 23.3. The van der Waals surface area contributed by atoms with Crippen LogP contribution in [0.4, 0.5) is 0 Å². The highest BCUT2D eigenvalue weighted by atomic mass is 79.9. The zero-order valence-corrected chi connectivity index (χ0v) is 16.6. The largest absolute Gasteiger partial charge is 0.497 e. The van der Waals surface area contributed by atoms with Crippen molar-refractivity contribution in [2.45, 2.75) is 13.2 Å². The molecule has 0 atom stereocenters. The maximum absolute atomic E-state index is 5.94. The first kappa shape index (κ1) is 18.5. The quantitative estimate of drug-likeness (QED) is 0.520. The highest BCUT2D eigenvalue weighted by molar-refractivity contribution is 9.10. The lowest BCUT2D eigenvalue weighted by Crippen LogP contribution is -2.01. The molecule has 0 unspecified atom stereocenters. The van der Waals surface area contributed by atoms with Gasteiger partial charge in [0.1, 0.15) is 17.2 Å². The lowest BCUT2D eigenvalue weighted by Gasteiger charge is -2.18. The predicted molar refractivity (Wildman–Crippen MR) is 106 cm³/mol. The fraction of sp³-hybridized carbons (Fsp3) is 0.238. The van der Waals surface area contributed by atoms with Gasteiger partial charge in [-0.05, 0) is 33.6 Å². The minimum Gasteiger partial charge on any atom is -0.497 e. The topological polar surface area (TPSA) is 36.9 Å². The highest BCUT2D eigenvalue weighted by Crippen LogP contribution is 2.44. The molecule has 0 aliphatic rings. The molecule has 3 aromatic rings. The van der Waals surface area contributed by atoms with Crippen molar-refractivity contribution in [1.82, 2.24) is 0 Å². The third-order valence-electron chi connectivity index (χ3n) is 4.24. The van der Waals surface area contributed by atoms with Crippen molar-refractivity contribution < 1.29 is 18.9 Å². The van der Waals surface area contributed by atoms with Gasteiger partial charge in [-0.3, -0.25) is 0 Å². The molecule has 0 saturated heterocycles. The number of fused-ring (bicyclic) bond motifs is 1. The summed E-state index contributed by atoms with van der Waals surface area (Å²) in [6.45, 7) is 0.895. The smallest absolute Gasteiger partial charge is 0.141 e. The van der Waals surface area contributed by atoms with E-state index in [1.165, 1.54) is 0 Å². The van der Waals surface area contributed by atoms with Crippen LogP contribution in [0.15, 0.2) is 53.0 Å². The fourth-order valence-electron chi connectivity index (χ4n) is 2.95. The van der Waals surface area contributed by atoms with Crippen LogP contribution in [0.2, 0.25) is 0 Å². The van der Waals surface area contributed by atoms with Crippen molar-refractivity contribution >= 4 is 26.7 Å². The number of halogens is 1. The van der Waals surface area contributed by atoms with E-state index >= 15 is 0 Å². The lowest BCUT2D eigenvalue weighted by molar-refractivity contribution is 0.105. The molecular weight excluding hydrogens is 396 g/mol. The maximum Gasteiger partial charge on any atom is 0.141 e. The van der Waals surface area contributed by atoms with Crippen LogP contribution in [0.5, 0.6) is 17.2 Å². The Morgan fingerprint density at radius 1 is 0.731 bits per heavy atom. The molecule has 0 amide bonds. The van der Waals surface area contributed by atoms with E-state index in [1.54, 1.807) is 21.3 Å². The van der Waals surface area contributed by atoms with Gasteiger partial charge in [-0.15, -0.1) is 0 Å². The van der Waals surface area contributed by atoms with E-state index in [2.05, 4.69) is 15.9 Å². The minimum atomic E-state index is 0.400. The Morgan fingerprint density at radius 3 is 1.92 bits per heavy atom. The van der Waals surface area contributed by atoms with E-state index in [9.17, 15) is 0 Å².